The van der Waals surface area contributed by atoms with Gasteiger partial charge in [0, 0.05) is 6.04 Å². The van der Waals surface area contributed by atoms with Crippen molar-refractivity contribution in [3.63, 3.8) is 0 Å². The summed E-state index contributed by atoms with van der Waals surface area (Å²) in [5.74, 6) is 1.23. The summed E-state index contributed by atoms with van der Waals surface area (Å²) in [5.41, 5.74) is 4.48. The van der Waals surface area contributed by atoms with Crippen LogP contribution < -0.4 is 5.32 Å². The predicted octanol–water partition coefficient (Wildman–Crippen LogP) is 4.47. The Morgan fingerprint density at radius 2 is 1.50 bits per heavy atom. The average molecular weight is 247 g/mol. The van der Waals surface area contributed by atoms with Crippen molar-refractivity contribution in [2.75, 3.05) is 6.54 Å². The lowest BCUT2D eigenvalue weighted by atomic mass is 9.89. The van der Waals surface area contributed by atoms with Gasteiger partial charge in [-0.15, -0.1) is 0 Å². The molecule has 0 atom stereocenters. The first-order valence-electron chi connectivity index (χ1n) is 7.28. The maximum atomic E-state index is 3.48. The maximum absolute atomic E-state index is 3.48. The van der Waals surface area contributed by atoms with Gasteiger partial charge in [-0.3, -0.25) is 0 Å². The van der Waals surface area contributed by atoms with E-state index in [0.29, 0.717) is 17.9 Å². The van der Waals surface area contributed by atoms with Crippen LogP contribution in [0.3, 0.4) is 0 Å². The Bertz CT molecular complexity index is 364. The topological polar surface area (TPSA) is 12.0 Å². The molecule has 0 saturated heterocycles. The highest BCUT2D eigenvalue weighted by Gasteiger charge is 2.10. The van der Waals surface area contributed by atoms with Crippen molar-refractivity contribution in [1.29, 1.82) is 0 Å². The number of hydrogen-bond donors (Lipinski definition) is 1. The standard InChI is InChI=1S/C17H29N/c1-12(2)16-8-7-15(9-10-18-14(5)6)11-17(16)13(3)4/h7-8,11-14,18H,9-10H2,1-6H3. The molecule has 0 heterocycles. The molecule has 0 fully saturated rings. The summed E-state index contributed by atoms with van der Waals surface area (Å²) < 4.78 is 0. The van der Waals surface area contributed by atoms with Gasteiger partial charge >= 0.3 is 0 Å². The molecule has 0 aliphatic carbocycles. The van der Waals surface area contributed by atoms with E-state index in [1.807, 2.05) is 0 Å². The number of rotatable bonds is 6. The van der Waals surface area contributed by atoms with Gasteiger partial charge in [0.1, 0.15) is 0 Å². The lowest BCUT2D eigenvalue weighted by Gasteiger charge is -2.17. The third-order valence-electron chi connectivity index (χ3n) is 3.36. The molecule has 0 aliphatic rings. The second-order valence-electron chi connectivity index (χ2n) is 6.13. The zero-order valence-corrected chi connectivity index (χ0v) is 12.9. The van der Waals surface area contributed by atoms with Crippen LogP contribution >= 0.6 is 0 Å². The molecule has 0 unspecified atom stereocenters. The van der Waals surface area contributed by atoms with Crippen molar-refractivity contribution in [1.82, 2.24) is 5.32 Å². The SMILES string of the molecule is CC(C)NCCc1ccc(C(C)C)c(C(C)C)c1. The van der Waals surface area contributed by atoms with Crippen molar-refractivity contribution >= 4 is 0 Å². The van der Waals surface area contributed by atoms with Gasteiger partial charge in [-0.1, -0.05) is 59.7 Å². The first kappa shape index (κ1) is 15.2. The first-order valence-corrected chi connectivity index (χ1v) is 7.28. The minimum atomic E-state index is 0.574. The van der Waals surface area contributed by atoms with Gasteiger partial charge < -0.3 is 5.32 Å². The van der Waals surface area contributed by atoms with Gasteiger partial charge in [-0.2, -0.15) is 0 Å². The van der Waals surface area contributed by atoms with Gasteiger partial charge in [-0.05, 0) is 41.5 Å². The van der Waals surface area contributed by atoms with Gasteiger partial charge in [0.2, 0.25) is 0 Å². The Kier molecular flexibility index (Phi) is 5.87. The summed E-state index contributed by atoms with van der Waals surface area (Å²) in [4.78, 5) is 0. The summed E-state index contributed by atoms with van der Waals surface area (Å²) in [5, 5.41) is 3.48. The molecule has 0 bridgehead atoms. The van der Waals surface area contributed by atoms with Crippen LogP contribution in [-0.4, -0.2) is 12.6 Å². The van der Waals surface area contributed by atoms with Crippen LogP contribution in [0.5, 0.6) is 0 Å². The van der Waals surface area contributed by atoms with Crippen molar-refractivity contribution in [2.45, 2.75) is 65.8 Å². The van der Waals surface area contributed by atoms with E-state index in [1.54, 1.807) is 0 Å². The normalized spacial score (nSPS) is 11.8. The van der Waals surface area contributed by atoms with Crippen LogP contribution in [-0.2, 0) is 6.42 Å². The van der Waals surface area contributed by atoms with E-state index in [-0.39, 0.29) is 0 Å². The highest BCUT2D eigenvalue weighted by atomic mass is 14.9. The molecule has 1 heteroatoms. The molecule has 0 aliphatic heterocycles. The molecule has 1 rings (SSSR count). The Labute approximate surface area is 113 Å². The largest absolute Gasteiger partial charge is 0.314 e. The number of nitrogens with one attached hydrogen (secondary N) is 1. The Morgan fingerprint density at radius 3 is 2.00 bits per heavy atom. The fourth-order valence-corrected chi connectivity index (χ4v) is 2.31. The van der Waals surface area contributed by atoms with Crippen molar-refractivity contribution in [3.8, 4) is 0 Å². The van der Waals surface area contributed by atoms with Gasteiger partial charge in [0.15, 0.2) is 0 Å². The van der Waals surface area contributed by atoms with E-state index in [1.165, 1.54) is 16.7 Å². The molecule has 0 spiro atoms. The summed E-state index contributed by atoms with van der Waals surface area (Å²) in [6, 6.07) is 7.60. The Hall–Kier alpha value is -0.820. The summed E-state index contributed by atoms with van der Waals surface area (Å²) >= 11 is 0. The van der Waals surface area contributed by atoms with Gasteiger partial charge in [0.25, 0.3) is 0 Å². The number of hydrogen-bond acceptors (Lipinski definition) is 1. The smallest absolute Gasteiger partial charge is 0.00105 e. The van der Waals surface area contributed by atoms with Crippen LogP contribution in [0.2, 0.25) is 0 Å². The fourth-order valence-electron chi connectivity index (χ4n) is 2.31. The molecular formula is C17H29N. The van der Waals surface area contributed by atoms with Crippen LogP contribution in [0, 0.1) is 0 Å². The molecule has 1 N–H and O–H groups in total. The molecule has 0 aromatic heterocycles. The van der Waals surface area contributed by atoms with Crippen LogP contribution in [0.4, 0.5) is 0 Å². The summed E-state index contributed by atoms with van der Waals surface area (Å²) in [6.45, 7) is 14.6. The predicted molar refractivity (Wildman–Crippen MR) is 81.5 cm³/mol. The Balaban J connectivity index is 2.80. The quantitative estimate of drug-likeness (QED) is 0.782. The molecule has 18 heavy (non-hydrogen) atoms. The molecule has 1 aromatic carbocycles. The van der Waals surface area contributed by atoms with Crippen molar-refractivity contribution in [3.05, 3.63) is 34.9 Å². The first-order chi connectivity index (χ1) is 8.41. The van der Waals surface area contributed by atoms with E-state index >= 15 is 0 Å². The third kappa shape index (κ3) is 4.45. The van der Waals surface area contributed by atoms with Gasteiger partial charge in [0.05, 0.1) is 0 Å². The zero-order valence-electron chi connectivity index (χ0n) is 12.9. The van der Waals surface area contributed by atoms with Gasteiger partial charge in [-0.25, -0.2) is 0 Å². The number of benzene rings is 1. The molecule has 0 saturated carbocycles. The molecule has 1 aromatic rings. The molecular weight excluding hydrogens is 218 g/mol. The van der Waals surface area contributed by atoms with E-state index in [0.717, 1.165) is 13.0 Å². The van der Waals surface area contributed by atoms with E-state index in [2.05, 4.69) is 65.1 Å². The molecule has 1 nitrogen and oxygen atoms in total. The van der Waals surface area contributed by atoms with Crippen molar-refractivity contribution in [2.24, 2.45) is 0 Å². The lowest BCUT2D eigenvalue weighted by Crippen LogP contribution is -2.25. The lowest BCUT2D eigenvalue weighted by molar-refractivity contribution is 0.590. The maximum Gasteiger partial charge on any atom is 0.00105 e. The van der Waals surface area contributed by atoms with Crippen LogP contribution in [0.1, 0.15) is 70.1 Å². The molecule has 0 amide bonds. The van der Waals surface area contributed by atoms with Crippen molar-refractivity contribution < 1.29 is 0 Å². The third-order valence-corrected chi connectivity index (χ3v) is 3.36. The zero-order chi connectivity index (χ0) is 13.7. The van der Waals surface area contributed by atoms with E-state index < -0.39 is 0 Å². The Morgan fingerprint density at radius 1 is 0.889 bits per heavy atom. The molecule has 102 valence electrons. The molecule has 0 radical (unpaired) electrons. The minimum absolute atomic E-state index is 0.574. The van der Waals surface area contributed by atoms with Crippen LogP contribution in [0.15, 0.2) is 18.2 Å². The highest BCUT2D eigenvalue weighted by Crippen LogP contribution is 2.27. The van der Waals surface area contributed by atoms with E-state index in [9.17, 15) is 0 Å². The average Bonchev–Trinajstić information content (AvgIpc) is 2.28. The second-order valence-corrected chi connectivity index (χ2v) is 6.13. The van der Waals surface area contributed by atoms with Crippen LogP contribution in [0.25, 0.3) is 0 Å². The summed E-state index contributed by atoms with van der Waals surface area (Å²) in [7, 11) is 0. The fraction of sp³-hybridized carbons (Fsp3) is 0.647. The minimum Gasteiger partial charge on any atom is -0.314 e. The highest BCUT2D eigenvalue weighted by molar-refractivity contribution is 5.36. The van der Waals surface area contributed by atoms with E-state index in [4.69, 9.17) is 0 Å². The summed E-state index contributed by atoms with van der Waals surface area (Å²) in [6.07, 6.45) is 1.12. The monoisotopic (exact) mass is 247 g/mol. The second kappa shape index (κ2) is 6.94.